The molecule has 1 saturated carbocycles. The number of nitriles is 1. The van der Waals surface area contributed by atoms with E-state index in [2.05, 4.69) is 44.5 Å². The van der Waals surface area contributed by atoms with Crippen LogP contribution in [0.1, 0.15) is 36.3 Å². The molecule has 3 aromatic heterocycles. The molecule has 2 aliphatic rings. The average Bonchev–Trinajstić information content (AvgIpc) is 3.54. The highest BCUT2D eigenvalue weighted by Crippen LogP contribution is 2.42. The number of nitrogens with one attached hydrogen (secondary N) is 1. The van der Waals surface area contributed by atoms with Crippen LogP contribution in [0.3, 0.4) is 0 Å². The summed E-state index contributed by atoms with van der Waals surface area (Å²) in [6.07, 6.45) is 8.16. The van der Waals surface area contributed by atoms with Crippen LogP contribution in [0.2, 0.25) is 0 Å². The second-order valence-corrected chi connectivity index (χ2v) is 7.93. The number of nitrogens with zero attached hydrogens (tertiary/aromatic N) is 5. The van der Waals surface area contributed by atoms with Gasteiger partial charge in [0.2, 0.25) is 0 Å². The van der Waals surface area contributed by atoms with Gasteiger partial charge in [0.05, 0.1) is 35.3 Å². The Morgan fingerprint density at radius 3 is 2.71 bits per heavy atom. The first-order chi connectivity index (χ1) is 14.7. The molecule has 2 N–H and O–H groups in total. The molecule has 1 atom stereocenters. The van der Waals surface area contributed by atoms with Gasteiger partial charge >= 0.3 is 0 Å². The number of aliphatic hydroxyl groups excluding tert-OH is 1. The predicted octanol–water partition coefficient (Wildman–Crippen LogP) is 4.02. The van der Waals surface area contributed by atoms with Gasteiger partial charge in [-0.3, -0.25) is 4.98 Å². The van der Waals surface area contributed by atoms with Gasteiger partial charge in [-0.15, -0.1) is 12.4 Å². The third-order valence-corrected chi connectivity index (χ3v) is 5.59. The average molecular weight is 435 g/mol. The van der Waals surface area contributed by atoms with Crippen molar-refractivity contribution in [2.75, 3.05) is 23.3 Å². The monoisotopic (exact) mass is 434 g/mol. The molecule has 1 aliphatic carbocycles. The molecule has 0 amide bonds. The first-order valence-corrected chi connectivity index (χ1v) is 10.2. The van der Waals surface area contributed by atoms with E-state index in [1.165, 1.54) is 18.4 Å². The summed E-state index contributed by atoms with van der Waals surface area (Å²) >= 11 is 0. The molecule has 0 aromatic carbocycles. The van der Waals surface area contributed by atoms with Crippen LogP contribution in [0.5, 0.6) is 0 Å². The minimum atomic E-state index is -0.280. The minimum absolute atomic E-state index is 0. The molecule has 0 radical (unpaired) electrons. The number of hydrogen-bond acceptors (Lipinski definition) is 7. The number of halogens is 1. The molecule has 0 bridgehead atoms. The van der Waals surface area contributed by atoms with E-state index in [0.29, 0.717) is 29.7 Å². The third-order valence-electron chi connectivity index (χ3n) is 5.59. The van der Waals surface area contributed by atoms with Crippen LogP contribution in [0, 0.1) is 11.3 Å². The van der Waals surface area contributed by atoms with Crippen molar-refractivity contribution in [1.29, 1.82) is 5.26 Å². The summed E-state index contributed by atoms with van der Waals surface area (Å²) in [7, 11) is 0. The maximum absolute atomic E-state index is 9.86. The molecule has 4 heterocycles. The van der Waals surface area contributed by atoms with Gasteiger partial charge in [0.15, 0.2) is 0 Å². The lowest BCUT2D eigenvalue weighted by atomic mass is 10.1. The van der Waals surface area contributed by atoms with Gasteiger partial charge in [0.1, 0.15) is 11.6 Å². The normalized spacial score (nSPS) is 17.7. The van der Waals surface area contributed by atoms with Crippen molar-refractivity contribution in [1.82, 2.24) is 15.0 Å². The van der Waals surface area contributed by atoms with Crippen molar-refractivity contribution in [3.05, 3.63) is 60.0 Å². The van der Waals surface area contributed by atoms with Crippen LogP contribution in [-0.4, -0.2) is 39.3 Å². The van der Waals surface area contributed by atoms with E-state index in [9.17, 15) is 5.11 Å². The first-order valence-electron chi connectivity index (χ1n) is 10.2. The molecule has 158 valence electrons. The number of pyridine rings is 3. The largest absolute Gasteiger partial charge is 0.391 e. The summed E-state index contributed by atoms with van der Waals surface area (Å²) in [6.45, 7) is 1.46. The van der Waals surface area contributed by atoms with E-state index in [4.69, 9.17) is 10.2 Å². The van der Waals surface area contributed by atoms with Gasteiger partial charge in [-0.1, -0.05) is 0 Å². The van der Waals surface area contributed by atoms with E-state index in [0.717, 1.165) is 29.9 Å². The number of aliphatic hydroxyl groups is 1. The smallest absolute Gasteiger partial charge is 0.132 e. The van der Waals surface area contributed by atoms with Crippen molar-refractivity contribution >= 4 is 29.7 Å². The van der Waals surface area contributed by atoms with Crippen molar-refractivity contribution in [2.45, 2.75) is 31.3 Å². The Bertz CT molecular complexity index is 1130. The molecule has 7 nitrogen and oxygen atoms in total. The van der Waals surface area contributed by atoms with Crippen molar-refractivity contribution in [2.24, 2.45) is 0 Å². The van der Waals surface area contributed by atoms with E-state index in [1.54, 1.807) is 18.3 Å². The molecule has 5 rings (SSSR count). The zero-order valence-corrected chi connectivity index (χ0v) is 17.7. The molecular formula is C23H23ClN6O. The minimum Gasteiger partial charge on any atom is -0.391 e. The van der Waals surface area contributed by atoms with Gasteiger partial charge in [0, 0.05) is 31.0 Å². The molecule has 0 spiro atoms. The second kappa shape index (κ2) is 8.88. The Kier molecular flexibility index (Phi) is 6.03. The highest BCUT2D eigenvalue weighted by Gasteiger charge is 2.25. The molecule has 1 unspecified atom stereocenters. The van der Waals surface area contributed by atoms with Crippen LogP contribution in [0.4, 0.5) is 17.3 Å². The van der Waals surface area contributed by atoms with E-state index in [1.807, 2.05) is 12.4 Å². The molecule has 2 fully saturated rings. The third kappa shape index (κ3) is 4.76. The van der Waals surface area contributed by atoms with Crippen LogP contribution < -0.4 is 10.2 Å². The standard InChI is InChI=1S/C23H22N6O.ClH/c24-11-15-3-5-26-22(7-15)28-23-10-17(16-1-2-16)9-21(27-23)18-8-19(13-25-12-18)29-6-4-20(30)14-29;/h3,5,7-10,12-13,16,20,30H,1-2,4,6,14H2,(H,26,27,28);1H. The number of hydrogen-bond donors (Lipinski definition) is 2. The van der Waals surface area contributed by atoms with Gasteiger partial charge < -0.3 is 15.3 Å². The molecule has 1 saturated heterocycles. The Labute approximate surface area is 187 Å². The topological polar surface area (TPSA) is 98.0 Å². The van der Waals surface area contributed by atoms with Gasteiger partial charge in [-0.2, -0.15) is 5.26 Å². The summed E-state index contributed by atoms with van der Waals surface area (Å²) in [6, 6.07) is 11.8. The van der Waals surface area contributed by atoms with Gasteiger partial charge in [-0.25, -0.2) is 9.97 Å². The summed E-state index contributed by atoms with van der Waals surface area (Å²) in [5, 5.41) is 22.2. The summed E-state index contributed by atoms with van der Waals surface area (Å²) in [5.41, 5.74) is 4.60. The van der Waals surface area contributed by atoms with E-state index >= 15 is 0 Å². The fraction of sp³-hybridized carbons (Fsp3) is 0.304. The molecule has 31 heavy (non-hydrogen) atoms. The Hall–Kier alpha value is -3.21. The number of aromatic nitrogens is 3. The van der Waals surface area contributed by atoms with Crippen LogP contribution >= 0.6 is 12.4 Å². The first kappa shape index (κ1) is 21.0. The van der Waals surface area contributed by atoms with E-state index < -0.39 is 0 Å². The zero-order chi connectivity index (χ0) is 20.5. The molecule has 3 aromatic rings. The maximum atomic E-state index is 9.86. The number of anilines is 3. The summed E-state index contributed by atoms with van der Waals surface area (Å²) in [4.78, 5) is 15.7. The highest BCUT2D eigenvalue weighted by atomic mass is 35.5. The van der Waals surface area contributed by atoms with Crippen LogP contribution in [0.25, 0.3) is 11.3 Å². The lowest BCUT2D eigenvalue weighted by molar-refractivity contribution is 0.198. The molecular weight excluding hydrogens is 412 g/mol. The number of rotatable bonds is 5. The lowest BCUT2D eigenvalue weighted by Gasteiger charge is -2.18. The fourth-order valence-corrected chi connectivity index (χ4v) is 3.83. The Morgan fingerprint density at radius 1 is 1.10 bits per heavy atom. The van der Waals surface area contributed by atoms with Crippen molar-refractivity contribution in [3.63, 3.8) is 0 Å². The van der Waals surface area contributed by atoms with Crippen molar-refractivity contribution in [3.8, 4) is 17.3 Å². The predicted molar refractivity (Wildman–Crippen MR) is 122 cm³/mol. The van der Waals surface area contributed by atoms with E-state index in [-0.39, 0.29) is 18.5 Å². The maximum Gasteiger partial charge on any atom is 0.132 e. The number of β-amino-alcohol motifs (C(OH)–C–C–N with tert-alkyl or cyclic N) is 1. The van der Waals surface area contributed by atoms with Gasteiger partial charge in [-0.05, 0) is 61.1 Å². The molecule has 1 aliphatic heterocycles. The molecule has 8 heteroatoms. The zero-order valence-electron chi connectivity index (χ0n) is 16.9. The lowest BCUT2D eigenvalue weighted by Crippen LogP contribution is -2.21. The van der Waals surface area contributed by atoms with Crippen molar-refractivity contribution < 1.29 is 5.11 Å². The van der Waals surface area contributed by atoms with Crippen LogP contribution in [-0.2, 0) is 0 Å². The fourth-order valence-electron chi connectivity index (χ4n) is 3.83. The SMILES string of the molecule is Cl.N#Cc1ccnc(Nc2cc(C3CC3)cc(-c3cncc(N4CCC(O)C4)c3)n2)c1. The summed E-state index contributed by atoms with van der Waals surface area (Å²) < 4.78 is 0. The Balaban J connectivity index is 0.00000231. The summed E-state index contributed by atoms with van der Waals surface area (Å²) in [5.74, 6) is 1.87. The van der Waals surface area contributed by atoms with Gasteiger partial charge in [0.25, 0.3) is 0 Å². The highest BCUT2D eigenvalue weighted by molar-refractivity contribution is 5.85. The second-order valence-electron chi connectivity index (χ2n) is 7.93. The quantitative estimate of drug-likeness (QED) is 0.625. The Morgan fingerprint density at radius 2 is 1.97 bits per heavy atom. The van der Waals surface area contributed by atoms with Crippen LogP contribution in [0.15, 0.2) is 48.9 Å².